The zero-order valence-corrected chi connectivity index (χ0v) is 29.1. The van der Waals surface area contributed by atoms with Crippen LogP contribution in [0.4, 0.5) is 0 Å². The van der Waals surface area contributed by atoms with Gasteiger partial charge in [-0.15, -0.1) is 0 Å². The Kier molecular flexibility index (Phi) is 6.09. The molecule has 0 fully saturated rings. The molecule has 0 aliphatic carbocycles. The zero-order valence-electron chi connectivity index (χ0n) is 29.1. The van der Waals surface area contributed by atoms with Crippen LogP contribution in [0.5, 0.6) is 0 Å². The van der Waals surface area contributed by atoms with Gasteiger partial charge in [-0.3, -0.25) is 0 Å². The van der Waals surface area contributed by atoms with Crippen molar-refractivity contribution in [3.05, 3.63) is 182 Å². The van der Waals surface area contributed by atoms with E-state index in [1.165, 1.54) is 65.3 Å². The third kappa shape index (κ3) is 4.11. The average molecular weight is 687 g/mol. The van der Waals surface area contributed by atoms with Gasteiger partial charge >= 0.3 is 0 Å². The van der Waals surface area contributed by atoms with Crippen LogP contribution in [0.25, 0.3) is 120 Å². The van der Waals surface area contributed by atoms with Crippen LogP contribution in [0, 0.1) is 0 Å². The summed E-state index contributed by atoms with van der Waals surface area (Å²) < 4.78 is 13.0. The summed E-state index contributed by atoms with van der Waals surface area (Å²) in [6.45, 7) is 0. The molecule has 0 bridgehead atoms. The number of rotatable bonds is 3. The van der Waals surface area contributed by atoms with Crippen LogP contribution in [-0.2, 0) is 0 Å². The van der Waals surface area contributed by atoms with Crippen LogP contribution < -0.4 is 0 Å². The monoisotopic (exact) mass is 686 g/mol. The molecule has 0 atom stereocenters. The van der Waals surface area contributed by atoms with E-state index >= 15 is 0 Å². The number of hydrogen-bond acceptors (Lipinski definition) is 2. The van der Waals surface area contributed by atoms with Crippen molar-refractivity contribution in [2.45, 2.75) is 0 Å². The highest BCUT2D eigenvalue weighted by molar-refractivity contribution is 6.28. The summed E-state index contributed by atoms with van der Waals surface area (Å²) in [5.74, 6) is 0. The van der Waals surface area contributed by atoms with Crippen molar-refractivity contribution in [3.63, 3.8) is 0 Å². The maximum Gasteiger partial charge on any atom is 0.147 e. The molecule has 0 N–H and O–H groups in total. The molecular formula is C52H30O2. The summed E-state index contributed by atoms with van der Waals surface area (Å²) >= 11 is 0. The predicted molar refractivity (Wildman–Crippen MR) is 227 cm³/mol. The van der Waals surface area contributed by atoms with Gasteiger partial charge in [-0.25, -0.2) is 0 Å². The minimum absolute atomic E-state index is 0.841. The van der Waals surface area contributed by atoms with Crippen molar-refractivity contribution in [2.75, 3.05) is 0 Å². The quantitative estimate of drug-likeness (QED) is 0.173. The highest BCUT2D eigenvalue weighted by Crippen LogP contribution is 2.47. The SMILES string of the molecule is c1ccc2c(-c3c4ccccc4c(-c4ccc(-c5cc6oc7c(ccc8oc9ccccc9c87)c6c6ccccc56)cc4)c4ccccc34)cccc2c1. The van der Waals surface area contributed by atoms with E-state index in [-0.39, 0.29) is 0 Å². The Balaban J connectivity index is 1.07. The molecule has 250 valence electrons. The molecule has 54 heavy (non-hydrogen) atoms. The second kappa shape index (κ2) is 11.2. The molecule has 0 saturated heterocycles. The third-order valence-electron chi connectivity index (χ3n) is 11.5. The Morgan fingerprint density at radius 1 is 0.278 bits per heavy atom. The van der Waals surface area contributed by atoms with E-state index < -0.39 is 0 Å². The molecule has 2 heteroatoms. The molecular weight excluding hydrogens is 657 g/mol. The van der Waals surface area contributed by atoms with Crippen LogP contribution in [0.3, 0.4) is 0 Å². The molecule has 0 unspecified atom stereocenters. The Bertz CT molecular complexity index is 3430. The topological polar surface area (TPSA) is 26.3 Å². The highest BCUT2D eigenvalue weighted by atomic mass is 16.3. The maximum atomic E-state index is 6.81. The van der Waals surface area contributed by atoms with Gasteiger partial charge < -0.3 is 8.83 Å². The summed E-state index contributed by atoms with van der Waals surface area (Å²) in [5.41, 5.74) is 10.8. The molecule has 0 amide bonds. The lowest BCUT2D eigenvalue weighted by atomic mass is 9.84. The van der Waals surface area contributed by atoms with Crippen LogP contribution in [0.15, 0.2) is 191 Å². The van der Waals surface area contributed by atoms with E-state index in [0.29, 0.717) is 0 Å². The first kappa shape index (κ1) is 29.4. The number of hydrogen-bond donors (Lipinski definition) is 0. The Morgan fingerprint density at radius 2 is 0.852 bits per heavy atom. The second-order valence-corrected chi connectivity index (χ2v) is 14.3. The molecule has 0 spiro atoms. The molecule has 0 radical (unpaired) electrons. The fourth-order valence-corrected chi connectivity index (χ4v) is 9.13. The van der Waals surface area contributed by atoms with Crippen LogP contribution >= 0.6 is 0 Å². The lowest BCUT2D eigenvalue weighted by molar-refractivity contribution is 0.663. The van der Waals surface area contributed by atoms with Gasteiger partial charge in [-0.05, 0) is 101 Å². The first-order valence-electron chi connectivity index (χ1n) is 18.5. The number of furan rings is 2. The molecule has 0 aliphatic rings. The molecule has 2 heterocycles. The van der Waals surface area contributed by atoms with Gasteiger partial charge in [-0.1, -0.05) is 158 Å². The normalized spacial score (nSPS) is 12.1. The van der Waals surface area contributed by atoms with E-state index in [0.717, 1.165) is 55.0 Å². The van der Waals surface area contributed by atoms with Gasteiger partial charge in [0.1, 0.15) is 22.3 Å². The van der Waals surface area contributed by atoms with Crippen molar-refractivity contribution >= 4 is 87.0 Å². The second-order valence-electron chi connectivity index (χ2n) is 14.3. The molecule has 2 aromatic heterocycles. The van der Waals surface area contributed by atoms with Crippen molar-refractivity contribution in [1.82, 2.24) is 0 Å². The van der Waals surface area contributed by atoms with E-state index in [1.54, 1.807) is 0 Å². The Hall–Kier alpha value is -7.16. The smallest absolute Gasteiger partial charge is 0.147 e. The van der Waals surface area contributed by atoms with Crippen molar-refractivity contribution < 1.29 is 8.83 Å². The summed E-state index contributed by atoms with van der Waals surface area (Å²) in [6, 6.07) is 65.6. The number of fused-ring (bicyclic) bond motifs is 12. The zero-order chi connectivity index (χ0) is 35.3. The summed E-state index contributed by atoms with van der Waals surface area (Å²) in [7, 11) is 0. The Labute approximate surface area is 310 Å². The minimum Gasteiger partial charge on any atom is -0.456 e. The van der Waals surface area contributed by atoms with Gasteiger partial charge in [0, 0.05) is 16.2 Å². The Morgan fingerprint density at radius 3 is 1.59 bits per heavy atom. The molecule has 12 aromatic rings. The van der Waals surface area contributed by atoms with Crippen molar-refractivity contribution in [2.24, 2.45) is 0 Å². The fraction of sp³-hybridized carbons (Fsp3) is 0. The summed E-state index contributed by atoms with van der Waals surface area (Å²) in [4.78, 5) is 0. The van der Waals surface area contributed by atoms with Crippen molar-refractivity contribution in [3.8, 4) is 33.4 Å². The molecule has 0 saturated carbocycles. The third-order valence-corrected chi connectivity index (χ3v) is 11.5. The first-order chi connectivity index (χ1) is 26.8. The maximum absolute atomic E-state index is 6.81. The van der Waals surface area contributed by atoms with Gasteiger partial charge in [-0.2, -0.15) is 0 Å². The van der Waals surface area contributed by atoms with E-state index in [9.17, 15) is 0 Å². The number of benzene rings is 10. The van der Waals surface area contributed by atoms with Crippen LogP contribution in [0.1, 0.15) is 0 Å². The fourth-order valence-electron chi connectivity index (χ4n) is 9.13. The van der Waals surface area contributed by atoms with Gasteiger partial charge in [0.25, 0.3) is 0 Å². The molecule has 10 aromatic carbocycles. The standard InChI is InChI=1S/C52H30O2/c1-2-14-34-31(12-1)13-11-22-36(34)49-40-19-7-5-17-38(40)48(39-18-6-8-20-41(39)49)33-26-24-32(25-27-33)44-30-47-50(37-16-4-3-15-35(37)44)43-28-29-46-51(52(43)54-47)42-21-9-10-23-45(42)53-46/h1-30H. The molecule has 2 nitrogen and oxygen atoms in total. The van der Waals surface area contributed by atoms with Gasteiger partial charge in [0.05, 0.1) is 5.39 Å². The molecule has 0 aliphatic heterocycles. The van der Waals surface area contributed by atoms with Gasteiger partial charge in [0.15, 0.2) is 0 Å². The lowest BCUT2D eigenvalue weighted by Gasteiger charge is -2.19. The lowest BCUT2D eigenvalue weighted by Crippen LogP contribution is -1.91. The van der Waals surface area contributed by atoms with Crippen LogP contribution in [0.2, 0.25) is 0 Å². The highest BCUT2D eigenvalue weighted by Gasteiger charge is 2.21. The minimum atomic E-state index is 0.841. The number of para-hydroxylation sites is 1. The largest absolute Gasteiger partial charge is 0.456 e. The predicted octanol–water partition coefficient (Wildman–Crippen LogP) is 15.1. The summed E-state index contributed by atoms with van der Waals surface area (Å²) in [5, 5.41) is 14.3. The summed E-state index contributed by atoms with van der Waals surface area (Å²) in [6.07, 6.45) is 0. The van der Waals surface area contributed by atoms with E-state index in [1.807, 2.05) is 12.1 Å². The van der Waals surface area contributed by atoms with E-state index in [4.69, 9.17) is 8.83 Å². The average Bonchev–Trinajstić information content (AvgIpc) is 3.81. The first-order valence-corrected chi connectivity index (χ1v) is 18.5. The van der Waals surface area contributed by atoms with Gasteiger partial charge in [0.2, 0.25) is 0 Å². The van der Waals surface area contributed by atoms with Crippen molar-refractivity contribution in [1.29, 1.82) is 0 Å². The van der Waals surface area contributed by atoms with E-state index in [2.05, 4.69) is 170 Å². The van der Waals surface area contributed by atoms with Crippen LogP contribution in [-0.4, -0.2) is 0 Å². The molecule has 12 rings (SSSR count).